The molecule has 3 rings (SSSR count). The van der Waals surface area contributed by atoms with Gasteiger partial charge in [0.25, 0.3) is 0 Å². The number of rotatable bonds is 0. The van der Waals surface area contributed by atoms with Crippen molar-refractivity contribution in [1.82, 2.24) is 9.88 Å². The van der Waals surface area contributed by atoms with Gasteiger partial charge in [0.2, 0.25) is 0 Å². The van der Waals surface area contributed by atoms with E-state index in [2.05, 4.69) is 9.88 Å². The van der Waals surface area contributed by atoms with Crippen LogP contribution in [0.4, 0.5) is 4.39 Å². The van der Waals surface area contributed by atoms with Crippen LogP contribution in [0.15, 0.2) is 24.4 Å². The Hall–Kier alpha value is -1.35. The maximum absolute atomic E-state index is 13.2. The molecule has 2 heterocycles. The Bertz CT molecular complexity index is 487. The minimum absolute atomic E-state index is 0.144. The van der Waals surface area contributed by atoms with Crippen molar-refractivity contribution in [2.24, 2.45) is 0 Å². The van der Waals surface area contributed by atoms with Crippen molar-refractivity contribution in [2.45, 2.75) is 13.1 Å². The van der Waals surface area contributed by atoms with Crippen molar-refractivity contribution in [3.63, 3.8) is 0 Å². The molecule has 72 valence electrons. The van der Waals surface area contributed by atoms with E-state index in [-0.39, 0.29) is 5.82 Å². The first-order valence-corrected chi connectivity index (χ1v) is 4.82. The third kappa shape index (κ3) is 1.06. The molecule has 0 saturated heterocycles. The van der Waals surface area contributed by atoms with E-state index in [4.69, 9.17) is 0 Å². The molecule has 1 aliphatic heterocycles. The van der Waals surface area contributed by atoms with E-state index in [9.17, 15) is 4.39 Å². The molecule has 1 aromatic carbocycles. The minimum Gasteiger partial charge on any atom is -0.346 e. The average Bonchev–Trinajstić information content (AvgIpc) is 2.43. The Morgan fingerprint density at radius 3 is 3.21 bits per heavy atom. The fraction of sp³-hybridized carbons (Fsp3) is 0.273. The molecule has 3 heteroatoms. The second-order valence-electron chi connectivity index (χ2n) is 3.69. The monoisotopic (exact) mass is 190 g/mol. The molecule has 1 N–H and O–H groups in total. The van der Waals surface area contributed by atoms with Crippen molar-refractivity contribution in [3.05, 3.63) is 35.8 Å². The summed E-state index contributed by atoms with van der Waals surface area (Å²) in [5.41, 5.74) is 2.24. The third-order valence-corrected chi connectivity index (χ3v) is 2.75. The van der Waals surface area contributed by atoms with Gasteiger partial charge in [0, 0.05) is 31.2 Å². The highest BCUT2D eigenvalue weighted by Crippen LogP contribution is 2.23. The van der Waals surface area contributed by atoms with E-state index in [1.165, 1.54) is 5.52 Å². The Morgan fingerprint density at radius 2 is 2.29 bits per heavy atom. The smallest absolute Gasteiger partial charge is 0.124 e. The minimum atomic E-state index is -0.144. The Kier molecular flexibility index (Phi) is 1.61. The quantitative estimate of drug-likeness (QED) is 0.671. The Labute approximate surface area is 81.3 Å². The van der Waals surface area contributed by atoms with Crippen LogP contribution in [0.25, 0.3) is 10.9 Å². The van der Waals surface area contributed by atoms with Crippen molar-refractivity contribution in [3.8, 4) is 0 Å². The standard InChI is InChI=1S/C11H11FN2/c12-10-5-8-1-3-14-4-2-13-7-9(6-10)11(8)14/h1,3,5-6,13H,2,4,7H2. The zero-order valence-electron chi connectivity index (χ0n) is 7.76. The summed E-state index contributed by atoms with van der Waals surface area (Å²) in [6.45, 7) is 2.67. The molecular formula is C11H11FN2. The topological polar surface area (TPSA) is 17.0 Å². The van der Waals surface area contributed by atoms with Gasteiger partial charge in [-0.05, 0) is 23.8 Å². The van der Waals surface area contributed by atoms with Crippen LogP contribution in [-0.4, -0.2) is 11.1 Å². The van der Waals surface area contributed by atoms with E-state index < -0.39 is 0 Å². The van der Waals surface area contributed by atoms with Crippen molar-refractivity contribution in [1.29, 1.82) is 0 Å². The second kappa shape index (κ2) is 2.82. The van der Waals surface area contributed by atoms with Crippen molar-refractivity contribution >= 4 is 10.9 Å². The number of nitrogens with zero attached hydrogens (tertiary/aromatic N) is 1. The van der Waals surface area contributed by atoms with Crippen LogP contribution in [-0.2, 0) is 13.1 Å². The summed E-state index contributed by atoms with van der Waals surface area (Å²) >= 11 is 0. The number of benzene rings is 1. The fourth-order valence-electron chi connectivity index (χ4n) is 2.14. The van der Waals surface area contributed by atoms with Gasteiger partial charge in [0.15, 0.2) is 0 Å². The van der Waals surface area contributed by atoms with Gasteiger partial charge in [-0.15, -0.1) is 0 Å². The van der Waals surface area contributed by atoms with E-state index >= 15 is 0 Å². The summed E-state index contributed by atoms with van der Waals surface area (Å²) < 4.78 is 15.4. The van der Waals surface area contributed by atoms with E-state index in [0.29, 0.717) is 0 Å². The molecule has 0 spiro atoms. The first-order chi connectivity index (χ1) is 6.84. The molecule has 0 saturated carbocycles. The Balaban J connectivity index is 2.39. The summed E-state index contributed by atoms with van der Waals surface area (Å²) in [7, 11) is 0. The number of hydrogen-bond donors (Lipinski definition) is 1. The summed E-state index contributed by atoms with van der Waals surface area (Å²) in [6, 6.07) is 5.20. The molecule has 1 aromatic heterocycles. The van der Waals surface area contributed by atoms with Gasteiger partial charge < -0.3 is 9.88 Å². The predicted molar refractivity (Wildman–Crippen MR) is 53.6 cm³/mol. The van der Waals surface area contributed by atoms with Gasteiger partial charge in [-0.25, -0.2) is 4.39 Å². The van der Waals surface area contributed by atoms with Crippen LogP contribution >= 0.6 is 0 Å². The second-order valence-corrected chi connectivity index (χ2v) is 3.69. The lowest BCUT2D eigenvalue weighted by molar-refractivity contribution is 0.619. The first-order valence-electron chi connectivity index (χ1n) is 4.82. The number of aromatic nitrogens is 1. The molecular weight excluding hydrogens is 179 g/mol. The molecule has 14 heavy (non-hydrogen) atoms. The van der Waals surface area contributed by atoms with E-state index in [1.54, 1.807) is 12.1 Å². The highest BCUT2D eigenvalue weighted by molar-refractivity contribution is 5.83. The van der Waals surface area contributed by atoms with Gasteiger partial charge in [0.05, 0.1) is 5.52 Å². The third-order valence-electron chi connectivity index (χ3n) is 2.75. The van der Waals surface area contributed by atoms with Crippen molar-refractivity contribution < 1.29 is 4.39 Å². The number of nitrogens with one attached hydrogen (secondary N) is 1. The molecule has 0 fully saturated rings. The average molecular weight is 190 g/mol. The highest BCUT2D eigenvalue weighted by Gasteiger charge is 2.11. The predicted octanol–water partition coefficient (Wildman–Crippen LogP) is 1.88. The van der Waals surface area contributed by atoms with Crippen LogP contribution in [0.1, 0.15) is 5.56 Å². The van der Waals surface area contributed by atoms with Gasteiger partial charge >= 0.3 is 0 Å². The lowest BCUT2D eigenvalue weighted by Gasteiger charge is -2.03. The molecule has 0 amide bonds. The number of hydrogen-bond acceptors (Lipinski definition) is 1. The van der Waals surface area contributed by atoms with Crippen LogP contribution in [0.5, 0.6) is 0 Å². The van der Waals surface area contributed by atoms with Gasteiger partial charge in [-0.1, -0.05) is 0 Å². The number of halogens is 1. The zero-order valence-corrected chi connectivity index (χ0v) is 7.76. The first kappa shape index (κ1) is 8.00. The van der Waals surface area contributed by atoms with Crippen LogP contribution in [0, 0.1) is 5.82 Å². The van der Waals surface area contributed by atoms with Crippen molar-refractivity contribution in [2.75, 3.05) is 6.54 Å². The molecule has 0 unspecified atom stereocenters. The van der Waals surface area contributed by atoms with Crippen LogP contribution in [0.3, 0.4) is 0 Å². The summed E-state index contributed by atoms with van der Waals surface area (Å²) in [5, 5.41) is 4.28. The van der Waals surface area contributed by atoms with E-state index in [1.807, 2.05) is 12.3 Å². The Morgan fingerprint density at radius 1 is 1.36 bits per heavy atom. The lowest BCUT2D eigenvalue weighted by atomic mass is 10.1. The molecule has 1 aliphatic rings. The largest absolute Gasteiger partial charge is 0.346 e. The van der Waals surface area contributed by atoms with Crippen LogP contribution < -0.4 is 5.32 Å². The van der Waals surface area contributed by atoms with Gasteiger partial charge in [0.1, 0.15) is 5.82 Å². The SMILES string of the molecule is Fc1cc2c3c(ccn3CCNC2)c1. The molecule has 2 aromatic rings. The lowest BCUT2D eigenvalue weighted by Crippen LogP contribution is -2.15. The summed E-state index contributed by atoms with van der Waals surface area (Å²) in [5.74, 6) is -0.144. The molecule has 0 radical (unpaired) electrons. The molecule has 0 bridgehead atoms. The molecule has 0 atom stereocenters. The summed E-state index contributed by atoms with van der Waals surface area (Å²) in [4.78, 5) is 0. The summed E-state index contributed by atoms with van der Waals surface area (Å²) in [6.07, 6.45) is 2.03. The van der Waals surface area contributed by atoms with Gasteiger partial charge in [-0.3, -0.25) is 0 Å². The maximum Gasteiger partial charge on any atom is 0.124 e. The van der Waals surface area contributed by atoms with Gasteiger partial charge in [-0.2, -0.15) is 0 Å². The maximum atomic E-state index is 13.2. The fourth-order valence-corrected chi connectivity index (χ4v) is 2.14. The van der Waals surface area contributed by atoms with Crippen LogP contribution in [0.2, 0.25) is 0 Å². The zero-order chi connectivity index (χ0) is 9.54. The normalized spacial score (nSPS) is 15.8. The van der Waals surface area contributed by atoms with E-state index in [0.717, 1.165) is 30.6 Å². The molecule has 2 nitrogen and oxygen atoms in total. The highest BCUT2D eigenvalue weighted by atomic mass is 19.1. The molecule has 0 aliphatic carbocycles.